The van der Waals surface area contributed by atoms with Gasteiger partial charge in [-0.05, 0) is 6.42 Å². The van der Waals surface area contributed by atoms with Crippen molar-refractivity contribution < 1.29 is 5.11 Å². The molecule has 15 heavy (non-hydrogen) atoms. The Morgan fingerprint density at radius 2 is 2.47 bits per heavy atom. The van der Waals surface area contributed by atoms with Crippen molar-refractivity contribution in [2.75, 3.05) is 6.61 Å². The van der Waals surface area contributed by atoms with E-state index in [0.29, 0.717) is 15.8 Å². The highest BCUT2D eigenvalue weighted by atomic mass is 32.1. The van der Waals surface area contributed by atoms with Crippen LogP contribution in [0.2, 0.25) is 0 Å². The van der Waals surface area contributed by atoms with E-state index in [0.717, 1.165) is 6.42 Å². The van der Waals surface area contributed by atoms with E-state index in [1.165, 1.54) is 6.33 Å². The van der Waals surface area contributed by atoms with Crippen molar-refractivity contribution in [2.45, 2.75) is 19.4 Å². The van der Waals surface area contributed by atoms with Gasteiger partial charge in [0.1, 0.15) is 0 Å². The summed E-state index contributed by atoms with van der Waals surface area (Å²) in [7, 11) is 0. The Labute approximate surface area is 91.0 Å². The topological polar surface area (TPSA) is 79.6 Å². The third kappa shape index (κ3) is 1.64. The summed E-state index contributed by atoms with van der Waals surface area (Å²) in [6, 6.07) is -0.0805. The fraction of sp³-hybridized carbons (Fsp3) is 0.500. The SMILES string of the molecule is CCC(CO)n1nnc2c(=S)nc[nH]c21. The summed E-state index contributed by atoms with van der Waals surface area (Å²) < 4.78 is 2.06. The van der Waals surface area contributed by atoms with E-state index < -0.39 is 0 Å². The van der Waals surface area contributed by atoms with Crippen LogP contribution < -0.4 is 0 Å². The molecule has 2 aromatic heterocycles. The third-order valence-corrected chi connectivity index (χ3v) is 2.61. The number of aliphatic hydroxyl groups is 1. The third-order valence-electron chi connectivity index (χ3n) is 2.31. The number of H-pyrrole nitrogens is 1. The van der Waals surface area contributed by atoms with Gasteiger partial charge in [-0.15, -0.1) is 5.10 Å². The highest BCUT2D eigenvalue weighted by Crippen LogP contribution is 2.15. The van der Waals surface area contributed by atoms with Crippen molar-refractivity contribution >= 4 is 23.4 Å². The molecule has 0 aromatic carbocycles. The molecule has 0 aliphatic rings. The van der Waals surface area contributed by atoms with Crippen molar-refractivity contribution in [3.8, 4) is 0 Å². The zero-order valence-electron chi connectivity index (χ0n) is 8.21. The molecule has 0 saturated carbocycles. The zero-order chi connectivity index (χ0) is 10.8. The van der Waals surface area contributed by atoms with Gasteiger partial charge in [0.05, 0.1) is 19.0 Å². The molecule has 2 aromatic rings. The number of nitrogens with zero attached hydrogens (tertiary/aromatic N) is 4. The van der Waals surface area contributed by atoms with Crippen LogP contribution in [0.4, 0.5) is 0 Å². The summed E-state index contributed by atoms with van der Waals surface area (Å²) in [6.07, 6.45) is 2.28. The van der Waals surface area contributed by atoms with Gasteiger partial charge in [-0.2, -0.15) is 0 Å². The largest absolute Gasteiger partial charge is 0.394 e. The molecule has 0 amide bonds. The number of nitrogens with one attached hydrogen (secondary N) is 1. The van der Waals surface area contributed by atoms with Crippen LogP contribution in [0.5, 0.6) is 0 Å². The van der Waals surface area contributed by atoms with Gasteiger partial charge in [0.25, 0.3) is 0 Å². The molecule has 0 spiro atoms. The Hall–Kier alpha value is -1.34. The molecular formula is C8H11N5OS. The highest BCUT2D eigenvalue weighted by molar-refractivity contribution is 7.71. The van der Waals surface area contributed by atoms with Gasteiger partial charge in [-0.25, -0.2) is 9.67 Å². The second-order valence-electron chi connectivity index (χ2n) is 3.18. The summed E-state index contributed by atoms with van der Waals surface area (Å²) in [5.41, 5.74) is 1.27. The Morgan fingerprint density at radius 1 is 1.67 bits per heavy atom. The number of hydrogen-bond acceptors (Lipinski definition) is 5. The lowest BCUT2D eigenvalue weighted by atomic mass is 10.2. The van der Waals surface area contributed by atoms with Crippen molar-refractivity contribution in [3.63, 3.8) is 0 Å². The summed E-state index contributed by atoms with van der Waals surface area (Å²) in [5.74, 6) is 0. The predicted molar refractivity (Wildman–Crippen MR) is 56.9 cm³/mol. The fourth-order valence-corrected chi connectivity index (χ4v) is 1.61. The Kier molecular flexibility index (Phi) is 2.74. The molecule has 0 fully saturated rings. The minimum absolute atomic E-state index is 0.0257. The van der Waals surface area contributed by atoms with Crippen LogP contribution in [-0.4, -0.2) is 36.7 Å². The van der Waals surface area contributed by atoms with Crippen molar-refractivity contribution in [2.24, 2.45) is 0 Å². The molecule has 6 nitrogen and oxygen atoms in total. The maximum absolute atomic E-state index is 9.18. The van der Waals surface area contributed by atoms with Crippen LogP contribution in [0.15, 0.2) is 6.33 Å². The smallest absolute Gasteiger partial charge is 0.166 e. The highest BCUT2D eigenvalue weighted by Gasteiger charge is 2.13. The molecule has 1 unspecified atom stereocenters. The van der Waals surface area contributed by atoms with Gasteiger partial charge in [-0.3, -0.25) is 0 Å². The molecule has 80 valence electrons. The second-order valence-corrected chi connectivity index (χ2v) is 3.57. The molecule has 0 aliphatic carbocycles. The molecule has 0 radical (unpaired) electrons. The molecule has 2 heterocycles. The van der Waals surface area contributed by atoms with Gasteiger partial charge in [0.15, 0.2) is 15.8 Å². The standard InChI is InChI=1S/C8H11N5OS/c1-2-5(3-14)13-7-6(11-12-13)8(15)10-4-9-7/h4-5,14H,2-3H2,1H3,(H,9,10,15). The number of fused-ring (bicyclic) bond motifs is 1. The first-order valence-electron chi connectivity index (χ1n) is 4.67. The summed E-state index contributed by atoms with van der Waals surface area (Å²) in [6.45, 7) is 2.00. The number of aliphatic hydroxyl groups excluding tert-OH is 1. The van der Waals surface area contributed by atoms with Crippen LogP contribution in [0.3, 0.4) is 0 Å². The summed E-state index contributed by atoms with van der Waals surface area (Å²) in [5, 5.41) is 17.1. The first-order chi connectivity index (χ1) is 7.27. The van der Waals surface area contributed by atoms with E-state index in [1.807, 2.05) is 6.92 Å². The van der Waals surface area contributed by atoms with Gasteiger partial charge >= 0.3 is 0 Å². The van der Waals surface area contributed by atoms with Crippen LogP contribution in [-0.2, 0) is 0 Å². The maximum Gasteiger partial charge on any atom is 0.166 e. The summed E-state index contributed by atoms with van der Waals surface area (Å²) in [4.78, 5) is 6.85. The average molecular weight is 225 g/mol. The molecule has 1 atom stereocenters. The van der Waals surface area contributed by atoms with Crippen LogP contribution in [0.25, 0.3) is 11.2 Å². The van der Waals surface area contributed by atoms with E-state index in [1.54, 1.807) is 4.68 Å². The molecule has 2 rings (SSSR count). The fourth-order valence-electron chi connectivity index (χ4n) is 1.42. The molecule has 2 N–H and O–H groups in total. The lowest BCUT2D eigenvalue weighted by Gasteiger charge is -2.11. The van der Waals surface area contributed by atoms with Crippen LogP contribution in [0.1, 0.15) is 19.4 Å². The molecule has 0 bridgehead atoms. The van der Waals surface area contributed by atoms with Crippen molar-refractivity contribution in [3.05, 3.63) is 11.0 Å². The van der Waals surface area contributed by atoms with E-state index in [4.69, 9.17) is 12.2 Å². The number of aromatic amines is 1. The number of aromatic nitrogens is 5. The van der Waals surface area contributed by atoms with Gasteiger partial charge in [0.2, 0.25) is 0 Å². The lowest BCUT2D eigenvalue weighted by Crippen LogP contribution is -2.14. The summed E-state index contributed by atoms with van der Waals surface area (Å²) >= 11 is 5.02. The van der Waals surface area contributed by atoms with Crippen molar-refractivity contribution in [1.29, 1.82) is 0 Å². The average Bonchev–Trinajstić information content (AvgIpc) is 2.66. The second kappa shape index (κ2) is 4.03. The van der Waals surface area contributed by atoms with Crippen molar-refractivity contribution in [1.82, 2.24) is 25.0 Å². The van der Waals surface area contributed by atoms with Crippen LogP contribution >= 0.6 is 12.2 Å². The van der Waals surface area contributed by atoms with Crippen LogP contribution in [0, 0.1) is 4.64 Å². The monoisotopic (exact) mass is 225 g/mol. The number of hydrogen-bond donors (Lipinski definition) is 2. The van der Waals surface area contributed by atoms with Gasteiger partial charge in [0, 0.05) is 0 Å². The molecular weight excluding hydrogens is 214 g/mol. The Bertz CT molecular complexity index is 515. The van der Waals surface area contributed by atoms with E-state index >= 15 is 0 Å². The lowest BCUT2D eigenvalue weighted by molar-refractivity contribution is 0.215. The molecule has 0 aliphatic heterocycles. The Balaban J connectivity index is 2.63. The normalized spacial score (nSPS) is 13.2. The quantitative estimate of drug-likeness (QED) is 0.756. The molecule has 0 saturated heterocycles. The zero-order valence-corrected chi connectivity index (χ0v) is 9.03. The Morgan fingerprint density at radius 3 is 3.13 bits per heavy atom. The van der Waals surface area contributed by atoms with Gasteiger partial charge < -0.3 is 10.1 Å². The minimum atomic E-state index is -0.0805. The number of rotatable bonds is 3. The van der Waals surface area contributed by atoms with E-state index in [2.05, 4.69) is 20.3 Å². The first-order valence-corrected chi connectivity index (χ1v) is 5.08. The first kappa shape index (κ1) is 10.2. The minimum Gasteiger partial charge on any atom is -0.394 e. The van der Waals surface area contributed by atoms with E-state index in [9.17, 15) is 5.11 Å². The maximum atomic E-state index is 9.18. The predicted octanol–water partition coefficient (Wildman–Crippen LogP) is 0.827. The van der Waals surface area contributed by atoms with Gasteiger partial charge in [-0.1, -0.05) is 24.4 Å². The van der Waals surface area contributed by atoms with E-state index in [-0.39, 0.29) is 12.6 Å². The molecule has 7 heteroatoms.